The van der Waals surface area contributed by atoms with E-state index in [2.05, 4.69) is 5.32 Å². The molecule has 3 rings (SSSR count). The van der Waals surface area contributed by atoms with Crippen LogP contribution in [0.5, 0.6) is 5.75 Å². The van der Waals surface area contributed by atoms with Gasteiger partial charge in [-0.1, -0.05) is 23.7 Å². The van der Waals surface area contributed by atoms with Crippen LogP contribution in [-0.4, -0.2) is 27.2 Å². The molecule has 31 heavy (non-hydrogen) atoms. The second-order valence-electron chi connectivity index (χ2n) is 6.85. The molecule has 0 bridgehead atoms. The van der Waals surface area contributed by atoms with Gasteiger partial charge in [-0.05, 0) is 73.2 Å². The van der Waals surface area contributed by atoms with Crippen LogP contribution in [0.4, 0.5) is 11.4 Å². The smallest absolute Gasteiger partial charge is 0.255 e. The van der Waals surface area contributed by atoms with Crippen LogP contribution in [-0.2, 0) is 16.6 Å². The van der Waals surface area contributed by atoms with Gasteiger partial charge in [-0.3, -0.25) is 9.10 Å². The van der Waals surface area contributed by atoms with Crippen LogP contribution in [0.3, 0.4) is 0 Å². The summed E-state index contributed by atoms with van der Waals surface area (Å²) in [5, 5.41) is 3.39. The first-order chi connectivity index (χ1) is 14.8. The number of hydrogen-bond acceptors (Lipinski definition) is 4. The molecule has 162 valence electrons. The van der Waals surface area contributed by atoms with Crippen LogP contribution >= 0.6 is 11.6 Å². The highest BCUT2D eigenvalue weighted by atomic mass is 35.5. The molecule has 0 atom stereocenters. The fourth-order valence-electron chi connectivity index (χ4n) is 2.94. The molecule has 0 aliphatic heterocycles. The molecule has 6 nitrogen and oxygen atoms in total. The van der Waals surface area contributed by atoms with Crippen molar-refractivity contribution in [2.24, 2.45) is 0 Å². The Morgan fingerprint density at radius 2 is 1.58 bits per heavy atom. The van der Waals surface area contributed by atoms with E-state index in [0.717, 1.165) is 17.6 Å². The summed E-state index contributed by atoms with van der Waals surface area (Å²) >= 11 is 5.91. The normalized spacial score (nSPS) is 11.1. The summed E-state index contributed by atoms with van der Waals surface area (Å²) in [6.07, 6.45) is 1.15. The molecule has 0 saturated heterocycles. The zero-order chi connectivity index (χ0) is 22.4. The Hall–Kier alpha value is -3.03. The van der Waals surface area contributed by atoms with E-state index in [0.29, 0.717) is 28.6 Å². The first kappa shape index (κ1) is 22.7. The SMILES string of the molecule is CCOc1ccc(NC(=O)c2ccc(N(Cc3ccc(Cl)cc3)S(C)(=O)=O)cc2)cc1. The largest absolute Gasteiger partial charge is 0.494 e. The molecule has 1 N–H and O–H groups in total. The van der Waals surface area contributed by atoms with Crippen molar-refractivity contribution in [1.82, 2.24) is 0 Å². The minimum atomic E-state index is -3.53. The third-order valence-corrected chi connectivity index (χ3v) is 5.87. The van der Waals surface area contributed by atoms with Crippen molar-refractivity contribution in [3.8, 4) is 5.75 Å². The molecule has 0 heterocycles. The van der Waals surface area contributed by atoms with Crippen molar-refractivity contribution >= 4 is 38.9 Å². The van der Waals surface area contributed by atoms with E-state index in [1.54, 1.807) is 72.8 Å². The highest BCUT2D eigenvalue weighted by molar-refractivity contribution is 7.92. The summed E-state index contributed by atoms with van der Waals surface area (Å²) in [4.78, 5) is 12.5. The van der Waals surface area contributed by atoms with Crippen LogP contribution in [0.25, 0.3) is 0 Å². The van der Waals surface area contributed by atoms with E-state index in [-0.39, 0.29) is 12.5 Å². The minimum absolute atomic E-state index is 0.160. The highest BCUT2D eigenvalue weighted by Gasteiger charge is 2.18. The second-order valence-corrected chi connectivity index (χ2v) is 9.20. The molecule has 0 aliphatic carbocycles. The van der Waals surface area contributed by atoms with E-state index in [1.807, 2.05) is 6.92 Å². The van der Waals surface area contributed by atoms with Crippen molar-refractivity contribution in [1.29, 1.82) is 0 Å². The molecule has 0 radical (unpaired) electrons. The Kier molecular flexibility index (Phi) is 7.20. The first-order valence-electron chi connectivity index (χ1n) is 9.62. The molecular weight excluding hydrogens is 436 g/mol. The first-order valence-corrected chi connectivity index (χ1v) is 11.9. The summed E-state index contributed by atoms with van der Waals surface area (Å²) < 4.78 is 31.4. The minimum Gasteiger partial charge on any atom is -0.494 e. The van der Waals surface area contributed by atoms with E-state index in [9.17, 15) is 13.2 Å². The zero-order valence-corrected chi connectivity index (χ0v) is 18.8. The molecule has 3 aromatic carbocycles. The average Bonchev–Trinajstić information content (AvgIpc) is 2.74. The lowest BCUT2D eigenvalue weighted by molar-refractivity contribution is 0.102. The van der Waals surface area contributed by atoms with Crippen molar-refractivity contribution in [3.05, 3.63) is 88.9 Å². The number of carbonyl (C=O) groups excluding carboxylic acids is 1. The number of benzene rings is 3. The molecule has 1 amide bonds. The van der Waals surface area contributed by atoms with Gasteiger partial charge in [0.2, 0.25) is 10.0 Å². The van der Waals surface area contributed by atoms with E-state index in [1.165, 1.54) is 4.31 Å². The number of anilines is 2. The van der Waals surface area contributed by atoms with Gasteiger partial charge in [0.1, 0.15) is 5.75 Å². The third kappa shape index (κ3) is 6.23. The van der Waals surface area contributed by atoms with Gasteiger partial charge >= 0.3 is 0 Å². The number of carbonyl (C=O) groups is 1. The number of halogens is 1. The summed E-state index contributed by atoms with van der Waals surface area (Å²) in [5.74, 6) is 0.436. The maximum absolute atomic E-state index is 12.5. The third-order valence-electron chi connectivity index (χ3n) is 4.48. The summed E-state index contributed by atoms with van der Waals surface area (Å²) in [6.45, 7) is 2.63. The topological polar surface area (TPSA) is 75.7 Å². The van der Waals surface area contributed by atoms with E-state index >= 15 is 0 Å². The Morgan fingerprint density at radius 3 is 2.13 bits per heavy atom. The number of ether oxygens (including phenoxy) is 1. The molecule has 8 heteroatoms. The highest BCUT2D eigenvalue weighted by Crippen LogP contribution is 2.23. The van der Waals surface area contributed by atoms with Crippen LogP contribution in [0.15, 0.2) is 72.8 Å². The zero-order valence-electron chi connectivity index (χ0n) is 17.2. The Morgan fingerprint density at radius 1 is 0.968 bits per heavy atom. The molecule has 0 aromatic heterocycles. The second kappa shape index (κ2) is 9.85. The molecule has 0 aliphatic rings. The monoisotopic (exact) mass is 458 g/mol. The Labute approximate surface area is 187 Å². The fraction of sp³-hybridized carbons (Fsp3) is 0.174. The lowest BCUT2D eigenvalue weighted by Crippen LogP contribution is -2.29. The summed E-state index contributed by atoms with van der Waals surface area (Å²) in [7, 11) is -3.53. The number of hydrogen-bond donors (Lipinski definition) is 1. The van der Waals surface area contributed by atoms with E-state index < -0.39 is 10.0 Å². The summed E-state index contributed by atoms with van der Waals surface area (Å²) in [5.41, 5.74) is 2.32. The lowest BCUT2D eigenvalue weighted by atomic mass is 10.1. The van der Waals surface area contributed by atoms with Gasteiger partial charge in [-0.25, -0.2) is 8.42 Å². The predicted octanol–water partition coefficient (Wildman–Crippen LogP) is 4.96. The quantitative estimate of drug-likeness (QED) is 0.517. The number of amides is 1. The molecule has 0 saturated carbocycles. The fourth-order valence-corrected chi connectivity index (χ4v) is 3.95. The van der Waals surface area contributed by atoms with Gasteiger partial charge in [0.25, 0.3) is 5.91 Å². The van der Waals surface area contributed by atoms with Crippen LogP contribution in [0.2, 0.25) is 5.02 Å². The molecule has 0 spiro atoms. The van der Waals surface area contributed by atoms with Gasteiger partial charge < -0.3 is 10.1 Å². The predicted molar refractivity (Wildman–Crippen MR) is 124 cm³/mol. The van der Waals surface area contributed by atoms with Crippen LogP contribution in [0.1, 0.15) is 22.8 Å². The maximum atomic E-state index is 12.5. The number of rotatable bonds is 8. The number of nitrogens with zero attached hydrogens (tertiary/aromatic N) is 1. The lowest BCUT2D eigenvalue weighted by Gasteiger charge is -2.23. The Balaban J connectivity index is 1.74. The van der Waals surface area contributed by atoms with Crippen molar-refractivity contribution in [2.75, 3.05) is 22.5 Å². The van der Waals surface area contributed by atoms with Crippen molar-refractivity contribution < 1.29 is 17.9 Å². The van der Waals surface area contributed by atoms with Gasteiger partial charge in [0.05, 0.1) is 25.1 Å². The van der Waals surface area contributed by atoms with Crippen molar-refractivity contribution in [2.45, 2.75) is 13.5 Å². The van der Waals surface area contributed by atoms with E-state index in [4.69, 9.17) is 16.3 Å². The van der Waals surface area contributed by atoms with Gasteiger partial charge in [0.15, 0.2) is 0 Å². The number of sulfonamides is 1. The molecular formula is C23H23ClN2O4S. The van der Waals surface area contributed by atoms with Gasteiger partial charge in [-0.15, -0.1) is 0 Å². The summed E-state index contributed by atoms with van der Waals surface area (Å²) in [6, 6.07) is 20.5. The van der Waals surface area contributed by atoms with Gasteiger partial charge in [-0.2, -0.15) is 0 Å². The van der Waals surface area contributed by atoms with Crippen LogP contribution in [0, 0.1) is 0 Å². The maximum Gasteiger partial charge on any atom is 0.255 e. The Bertz CT molecular complexity index is 1130. The van der Waals surface area contributed by atoms with Gasteiger partial charge in [0, 0.05) is 16.3 Å². The molecule has 0 unspecified atom stereocenters. The molecule has 3 aromatic rings. The van der Waals surface area contributed by atoms with Crippen LogP contribution < -0.4 is 14.4 Å². The average molecular weight is 459 g/mol. The molecule has 0 fully saturated rings. The van der Waals surface area contributed by atoms with Crippen molar-refractivity contribution in [3.63, 3.8) is 0 Å². The standard InChI is InChI=1S/C23H23ClN2O4S/c1-3-30-22-14-10-20(11-15-22)25-23(27)18-6-12-21(13-7-18)26(31(2,28)29)16-17-4-8-19(24)9-5-17/h4-15H,3,16H2,1-2H3,(H,25,27). The number of nitrogens with one attached hydrogen (secondary N) is 1.